The third kappa shape index (κ3) is 7.17. The highest BCUT2D eigenvalue weighted by Crippen LogP contribution is 2.52. The van der Waals surface area contributed by atoms with E-state index in [2.05, 4.69) is 10.3 Å². The number of carbonyl (C=O) groups excluding carboxylic acids is 2. The van der Waals surface area contributed by atoms with Crippen LogP contribution in [0.25, 0.3) is 0 Å². The summed E-state index contributed by atoms with van der Waals surface area (Å²) in [5, 5.41) is 33.1. The highest BCUT2D eigenvalue weighted by molar-refractivity contribution is 7.53. The average Bonchev–Trinajstić information content (AvgIpc) is 3.00. The molecule has 2 unspecified atom stereocenters. The standard InChI is InChI=1S/C20H32N3O11P/c1-6-20(5,34-35(30,31)12(4)26)7-14-15(27)16(28)18(33-14)23-8-13(9-32-11(3)25)17(21-10(2)24)22-19(23)29/h8,12,14-16,18,26-28H,6-7,9H2,1-5H3,(H,30,31)(H,21,22,24,29)/t12-,14-,15-,16-,18-,20?/m1/s1. The summed E-state index contributed by atoms with van der Waals surface area (Å²) >= 11 is 0. The predicted molar refractivity (Wildman–Crippen MR) is 120 cm³/mol. The molecule has 198 valence electrons. The van der Waals surface area contributed by atoms with Gasteiger partial charge in [0.15, 0.2) is 12.1 Å². The van der Waals surface area contributed by atoms with Crippen LogP contribution < -0.4 is 11.0 Å². The topological polar surface area (TPSA) is 207 Å². The molecule has 0 saturated carbocycles. The number of amides is 1. The van der Waals surface area contributed by atoms with Gasteiger partial charge >= 0.3 is 19.3 Å². The van der Waals surface area contributed by atoms with Crippen LogP contribution in [0.5, 0.6) is 0 Å². The normalized spacial score (nSPS) is 26.4. The molecule has 1 fully saturated rings. The molecule has 0 radical (unpaired) electrons. The lowest BCUT2D eigenvalue weighted by Gasteiger charge is -2.34. The monoisotopic (exact) mass is 521 g/mol. The van der Waals surface area contributed by atoms with Gasteiger partial charge < -0.3 is 39.5 Å². The number of hydrogen-bond acceptors (Lipinski definition) is 11. The molecule has 5 N–H and O–H groups in total. The molecule has 1 amide bonds. The molecule has 1 aromatic rings. The van der Waals surface area contributed by atoms with Gasteiger partial charge in [0.25, 0.3) is 0 Å². The Labute approximate surface area is 201 Å². The zero-order valence-corrected chi connectivity index (χ0v) is 21.0. The molecule has 2 rings (SSSR count). The maximum Gasteiger partial charge on any atom is 0.356 e. The fourth-order valence-electron chi connectivity index (χ4n) is 3.44. The molecule has 15 heteroatoms. The highest BCUT2D eigenvalue weighted by atomic mass is 31.2. The van der Waals surface area contributed by atoms with Crippen LogP contribution in [-0.4, -0.2) is 71.4 Å². The van der Waals surface area contributed by atoms with E-state index in [1.165, 1.54) is 27.0 Å². The third-order valence-electron chi connectivity index (χ3n) is 5.57. The summed E-state index contributed by atoms with van der Waals surface area (Å²) < 4.78 is 29.1. The Morgan fingerprint density at radius 1 is 1.34 bits per heavy atom. The first-order chi connectivity index (χ1) is 16.1. The van der Waals surface area contributed by atoms with E-state index in [9.17, 15) is 39.2 Å². The Bertz CT molecular complexity index is 1050. The van der Waals surface area contributed by atoms with Crippen molar-refractivity contribution in [2.24, 2.45) is 0 Å². The van der Waals surface area contributed by atoms with E-state index in [0.29, 0.717) is 0 Å². The zero-order chi connectivity index (χ0) is 26.7. The second-order valence-corrected chi connectivity index (χ2v) is 10.7. The lowest BCUT2D eigenvalue weighted by atomic mass is 9.93. The molecule has 0 bridgehead atoms. The number of anilines is 1. The smallest absolute Gasteiger partial charge is 0.356 e. The van der Waals surface area contributed by atoms with E-state index in [1.54, 1.807) is 6.92 Å². The zero-order valence-electron chi connectivity index (χ0n) is 20.1. The van der Waals surface area contributed by atoms with Crippen molar-refractivity contribution in [3.63, 3.8) is 0 Å². The van der Waals surface area contributed by atoms with Crippen LogP contribution in [-0.2, 0) is 34.8 Å². The lowest BCUT2D eigenvalue weighted by Crippen LogP contribution is -2.39. The highest BCUT2D eigenvalue weighted by Gasteiger charge is 2.48. The van der Waals surface area contributed by atoms with Crippen LogP contribution in [0.4, 0.5) is 5.82 Å². The van der Waals surface area contributed by atoms with Gasteiger partial charge in [-0.2, -0.15) is 4.98 Å². The summed E-state index contributed by atoms with van der Waals surface area (Å²) in [7, 11) is -4.40. The number of nitrogens with zero attached hydrogens (tertiary/aromatic N) is 2. The van der Waals surface area contributed by atoms with E-state index in [0.717, 1.165) is 11.5 Å². The Morgan fingerprint density at radius 3 is 2.49 bits per heavy atom. The minimum absolute atomic E-state index is 0.128. The number of aliphatic hydroxyl groups excluding tert-OH is 3. The van der Waals surface area contributed by atoms with Gasteiger partial charge in [0.1, 0.15) is 24.6 Å². The average molecular weight is 521 g/mol. The predicted octanol–water partition coefficient (Wildman–Crippen LogP) is -0.0169. The van der Waals surface area contributed by atoms with E-state index >= 15 is 0 Å². The molecule has 1 saturated heterocycles. The second-order valence-electron chi connectivity index (χ2n) is 8.61. The summed E-state index contributed by atoms with van der Waals surface area (Å²) in [5.41, 5.74) is -2.13. The summed E-state index contributed by atoms with van der Waals surface area (Å²) in [5.74, 6) is -2.94. The Balaban J connectivity index is 2.36. The maximum absolute atomic E-state index is 12.7. The van der Waals surface area contributed by atoms with E-state index in [-0.39, 0.29) is 30.8 Å². The fraction of sp³-hybridized carbons (Fsp3) is 0.700. The van der Waals surface area contributed by atoms with E-state index in [1.807, 2.05) is 0 Å². The minimum atomic E-state index is -4.40. The van der Waals surface area contributed by atoms with Gasteiger partial charge in [0, 0.05) is 32.0 Å². The van der Waals surface area contributed by atoms with Crippen LogP contribution >= 0.6 is 7.60 Å². The van der Waals surface area contributed by atoms with E-state index in [4.69, 9.17) is 14.0 Å². The molecule has 2 heterocycles. The number of aromatic nitrogens is 2. The fourth-order valence-corrected chi connectivity index (χ4v) is 4.43. The molecule has 0 spiro atoms. The molecule has 1 aliphatic heterocycles. The third-order valence-corrected chi connectivity index (χ3v) is 7.22. The van der Waals surface area contributed by atoms with Crippen LogP contribution in [0.3, 0.4) is 0 Å². The van der Waals surface area contributed by atoms with Crippen molar-refractivity contribution in [2.45, 2.75) is 90.1 Å². The lowest BCUT2D eigenvalue weighted by molar-refractivity contribution is -0.142. The number of hydrogen-bond donors (Lipinski definition) is 5. The number of ether oxygens (including phenoxy) is 2. The molecule has 7 atom stereocenters. The molecule has 1 aromatic heterocycles. The van der Waals surface area contributed by atoms with Crippen molar-refractivity contribution >= 4 is 25.3 Å². The Kier molecular flexibility index (Phi) is 9.33. The molecule has 35 heavy (non-hydrogen) atoms. The second kappa shape index (κ2) is 11.2. The first-order valence-corrected chi connectivity index (χ1v) is 12.5. The van der Waals surface area contributed by atoms with E-state index < -0.39 is 61.1 Å². The summed E-state index contributed by atoms with van der Waals surface area (Å²) in [6.45, 7) is 6.27. The van der Waals surface area contributed by atoms with Gasteiger partial charge in [-0.1, -0.05) is 6.92 Å². The van der Waals surface area contributed by atoms with Crippen molar-refractivity contribution in [1.82, 2.24) is 9.55 Å². The van der Waals surface area contributed by atoms with Crippen LogP contribution in [0.1, 0.15) is 59.3 Å². The van der Waals surface area contributed by atoms with Gasteiger partial charge in [-0.15, -0.1) is 0 Å². The minimum Gasteiger partial charge on any atom is -0.461 e. The van der Waals surface area contributed by atoms with Crippen molar-refractivity contribution in [1.29, 1.82) is 0 Å². The summed E-state index contributed by atoms with van der Waals surface area (Å²) in [6.07, 6.45) is -4.47. The van der Waals surface area contributed by atoms with Crippen LogP contribution in [0.2, 0.25) is 0 Å². The molecule has 1 aliphatic rings. The SMILES string of the molecule is CCC(C)(C[C@H]1O[C@@H](n2cc(COC(C)=O)c(NC(C)=O)nc2=O)[C@H](O)[C@@H]1O)OP(=O)(O)[C@H](C)O. The Hall–Kier alpha value is -2.19. The number of esters is 1. The summed E-state index contributed by atoms with van der Waals surface area (Å²) in [4.78, 5) is 49.1. The first kappa shape index (κ1) is 29.0. The van der Waals surface area contributed by atoms with Gasteiger partial charge in [0.2, 0.25) is 5.91 Å². The quantitative estimate of drug-likeness (QED) is 0.203. The molecule has 0 aromatic carbocycles. The maximum atomic E-state index is 12.7. The number of nitrogens with one attached hydrogen (secondary N) is 1. The van der Waals surface area contributed by atoms with Crippen molar-refractivity contribution in [3.05, 3.63) is 22.2 Å². The van der Waals surface area contributed by atoms with Crippen molar-refractivity contribution < 1.29 is 48.4 Å². The number of carbonyl (C=O) groups is 2. The van der Waals surface area contributed by atoms with Gasteiger partial charge in [-0.3, -0.25) is 18.7 Å². The van der Waals surface area contributed by atoms with Gasteiger partial charge in [0.05, 0.1) is 11.7 Å². The molecule has 14 nitrogen and oxygen atoms in total. The Morgan fingerprint density at radius 2 is 1.97 bits per heavy atom. The first-order valence-electron chi connectivity index (χ1n) is 10.9. The largest absolute Gasteiger partial charge is 0.461 e. The van der Waals surface area contributed by atoms with Gasteiger partial charge in [-0.25, -0.2) is 4.79 Å². The molecular formula is C20H32N3O11P. The van der Waals surface area contributed by atoms with Crippen LogP contribution in [0, 0.1) is 0 Å². The van der Waals surface area contributed by atoms with Crippen LogP contribution in [0.15, 0.2) is 11.0 Å². The van der Waals surface area contributed by atoms with Crippen molar-refractivity contribution in [2.75, 3.05) is 5.32 Å². The van der Waals surface area contributed by atoms with Gasteiger partial charge in [-0.05, 0) is 20.3 Å². The number of rotatable bonds is 10. The molecular weight excluding hydrogens is 489 g/mol. The number of aliphatic hydroxyl groups is 3. The summed E-state index contributed by atoms with van der Waals surface area (Å²) in [6, 6.07) is 0. The van der Waals surface area contributed by atoms with Crippen molar-refractivity contribution in [3.8, 4) is 0 Å². The molecule has 0 aliphatic carbocycles.